The van der Waals surface area contributed by atoms with Gasteiger partial charge in [0, 0.05) is 37.0 Å². The maximum Gasteiger partial charge on any atom is 0.220 e. The second kappa shape index (κ2) is 6.32. The fourth-order valence-electron chi connectivity index (χ4n) is 3.09. The molecule has 23 heavy (non-hydrogen) atoms. The molecule has 1 saturated heterocycles. The molecule has 0 spiro atoms. The summed E-state index contributed by atoms with van der Waals surface area (Å²) in [6.07, 6.45) is 5.15. The molecule has 3 rings (SSSR count). The number of rotatable bonds is 5. The third-order valence-electron chi connectivity index (χ3n) is 4.24. The molecule has 1 atom stereocenters. The average molecular weight is 315 g/mol. The molecule has 2 aromatic rings. The van der Waals surface area contributed by atoms with E-state index >= 15 is 0 Å². The summed E-state index contributed by atoms with van der Waals surface area (Å²) < 4.78 is 13.0. The van der Waals surface area contributed by atoms with Gasteiger partial charge >= 0.3 is 0 Å². The molecule has 1 amide bonds. The molecule has 6 heteroatoms. The number of ether oxygens (including phenoxy) is 2. The van der Waals surface area contributed by atoms with Crippen molar-refractivity contribution in [3.05, 3.63) is 30.1 Å². The van der Waals surface area contributed by atoms with E-state index in [1.165, 1.54) is 0 Å². The molecular formula is C17H21N3O3. The summed E-state index contributed by atoms with van der Waals surface area (Å²) in [6.45, 7) is 2.67. The quantitative estimate of drug-likeness (QED) is 0.918. The predicted octanol–water partition coefficient (Wildman–Crippen LogP) is 2.15. The molecule has 1 aliphatic rings. The Hall–Kier alpha value is -2.50. The van der Waals surface area contributed by atoms with Crippen LogP contribution < -0.4 is 14.8 Å². The zero-order valence-electron chi connectivity index (χ0n) is 13.6. The van der Waals surface area contributed by atoms with Crippen molar-refractivity contribution < 1.29 is 14.3 Å². The maximum atomic E-state index is 11.4. The molecule has 0 bridgehead atoms. The van der Waals surface area contributed by atoms with Crippen LogP contribution in [0, 0.1) is 6.92 Å². The molecule has 2 heterocycles. The summed E-state index contributed by atoms with van der Waals surface area (Å²) >= 11 is 0. The predicted molar refractivity (Wildman–Crippen MR) is 86.7 cm³/mol. The molecule has 1 unspecified atom stereocenters. The number of amides is 1. The lowest BCUT2D eigenvalue weighted by molar-refractivity contribution is -0.119. The number of benzene rings is 1. The number of hydrogen-bond acceptors (Lipinski definition) is 4. The Balaban J connectivity index is 1.95. The number of nitrogens with zero attached hydrogens (tertiary/aromatic N) is 2. The van der Waals surface area contributed by atoms with Crippen molar-refractivity contribution >= 4 is 5.91 Å². The molecule has 0 saturated carbocycles. The summed E-state index contributed by atoms with van der Waals surface area (Å²) in [7, 11) is 3.29. The average Bonchev–Trinajstić information content (AvgIpc) is 3.16. The monoisotopic (exact) mass is 315 g/mol. The number of hydrogen-bond donors (Lipinski definition) is 1. The van der Waals surface area contributed by atoms with Gasteiger partial charge in [-0.15, -0.1) is 0 Å². The van der Waals surface area contributed by atoms with E-state index in [-0.39, 0.29) is 11.9 Å². The fraction of sp³-hybridized carbons (Fsp3) is 0.412. The highest BCUT2D eigenvalue weighted by Gasteiger charge is 2.23. The van der Waals surface area contributed by atoms with Crippen LogP contribution >= 0.6 is 0 Å². The lowest BCUT2D eigenvalue weighted by atomic mass is 10.1. The van der Waals surface area contributed by atoms with E-state index in [0.29, 0.717) is 13.0 Å². The van der Waals surface area contributed by atoms with Crippen molar-refractivity contribution in [3.8, 4) is 22.9 Å². The Bertz CT molecular complexity index is 724. The summed E-state index contributed by atoms with van der Waals surface area (Å²) in [4.78, 5) is 15.9. The van der Waals surface area contributed by atoms with Gasteiger partial charge in [0.05, 0.1) is 19.8 Å². The standard InChI is InChI=1S/C17H21N3O3/c1-11-14(22-2)6-5-13(16(11)23-3)17-18-8-9-20(17)10-12-4-7-15(21)19-12/h5-6,8-9,12H,4,7,10H2,1-3H3,(H,19,21). The molecule has 1 aromatic heterocycles. The molecule has 1 aliphatic heterocycles. The van der Waals surface area contributed by atoms with Crippen LogP contribution in [-0.4, -0.2) is 35.7 Å². The summed E-state index contributed by atoms with van der Waals surface area (Å²) in [5.41, 5.74) is 1.86. The zero-order chi connectivity index (χ0) is 16.4. The first kappa shape index (κ1) is 15.4. The molecule has 0 aliphatic carbocycles. The van der Waals surface area contributed by atoms with Gasteiger partial charge in [-0.3, -0.25) is 4.79 Å². The molecule has 122 valence electrons. The van der Waals surface area contributed by atoms with E-state index in [4.69, 9.17) is 9.47 Å². The summed E-state index contributed by atoms with van der Waals surface area (Å²) in [5.74, 6) is 2.49. The van der Waals surface area contributed by atoms with Crippen molar-refractivity contribution in [2.24, 2.45) is 0 Å². The van der Waals surface area contributed by atoms with Gasteiger partial charge in [0.25, 0.3) is 0 Å². The molecule has 6 nitrogen and oxygen atoms in total. The van der Waals surface area contributed by atoms with E-state index in [1.54, 1.807) is 20.4 Å². The van der Waals surface area contributed by atoms with Gasteiger partial charge in [-0.1, -0.05) is 0 Å². The molecular weight excluding hydrogens is 294 g/mol. The second-order valence-electron chi connectivity index (χ2n) is 5.68. The Kier molecular flexibility index (Phi) is 4.23. The smallest absolute Gasteiger partial charge is 0.220 e. The van der Waals surface area contributed by atoms with Crippen LogP contribution in [0.15, 0.2) is 24.5 Å². The Labute approximate surface area is 135 Å². The highest BCUT2D eigenvalue weighted by molar-refractivity contribution is 5.78. The zero-order valence-corrected chi connectivity index (χ0v) is 13.6. The van der Waals surface area contributed by atoms with Crippen molar-refractivity contribution in [1.29, 1.82) is 0 Å². The van der Waals surface area contributed by atoms with Gasteiger partial charge in [-0.25, -0.2) is 4.98 Å². The molecule has 0 radical (unpaired) electrons. The Morgan fingerprint density at radius 2 is 2.17 bits per heavy atom. The number of aromatic nitrogens is 2. The van der Waals surface area contributed by atoms with Crippen LogP contribution in [-0.2, 0) is 11.3 Å². The topological polar surface area (TPSA) is 65.4 Å². The van der Waals surface area contributed by atoms with E-state index < -0.39 is 0 Å². The van der Waals surface area contributed by atoms with Crippen LogP contribution in [0.1, 0.15) is 18.4 Å². The van der Waals surface area contributed by atoms with Gasteiger partial charge in [0.1, 0.15) is 17.3 Å². The highest BCUT2D eigenvalue weighted by atomic mass is 16.5. The van der Waals surface area contributed by atoms with Crippen molar-refractivity contribution in [2.45, 2.75) is 32.4 Å². The third-order valence-corrected chi connectivity index (χ3v) is 4.24. The summed E-state index contributed by atoms with van der Waals surface area (Å²) in [6, 6.07) is 4.03. The number of imidazole rings is 1. The fourth-order valence-corrected chi connectivity index (χ4v) is 3.09. The van der Waals surface area contributed by atoms with Crippen LogP contribution in [0.2, 0.25) is 0 Å². The largest absolute Gasteiger partial charge is 0.496 e. The first-order valence-electron chi connectivity index (χ1n) is 7.66. The van der Waals surface area contributed by atoms with E-state index in [1.807, 2.05) is 25.3 Å². The van der Waals surface area contributed by atoms with Crippen LogP contribution in [0.5, 0.6) is 11.5 Å². The van der Waals surface area contributed by atoms with E-state index in [9.17, 15) is 4.79 Å². The van der Waals surface area contributed by atoms with Gasteiger partial charge in [-0.05, 0) is 25.5 Å². The van der Waals surface area contributed by atoms with Crippen LogP contribution in [0.3, 0.4) is 0 Å². The summed E-state index contributed by atoms with van der Waals surface area (Å²) in [5, 5.41) is 2.99. The van der Waals surface area contributed by atoms with E-state index in [2.05, 4.69) is 14.9 Å². The first-order valence-corrected chi connectivity index (χ1v) is 7.66. The van der Waals surface area contributed by atoms with Crippen LogP contribution in [0.25, 0.3) is 11.4 Å². The number of carbonyl (C=O) groups is 1. The number of nitrogens with one attached hydrogen (secondary N) is 1. The molecule has 1 fully saturated rings. The minimum Gasteiger partial charge on any atom is -0.496 e. The lowest BCUT2D eigenvalue weighted by Crippen LogP contribution is -2.29. The van der Waals surface area contributed by atoms with Crippen molar-refractivity contribution in [3.63, 3.8) is 0 Å². The SMILES string of the molecule is COc1ccc(-c2nccn2CC2CCC(=O)N2)c(OC)c1C. The van der Waals surface area contributed by atoms with Gasteiger partial charge in [0.15, 0.2) is 0 Å². The van der Waals surface area contributed by atoms with Gasteiger partial charge < -0.3 is 19.4 Å². The minimum absolute atomic E-state index is 0.120. The third kappa shape index (κ3) is 2.88. The highest BCUT2D eigenvalue weighted by Crippen LogP contribution is 2.37. The van der Waals surface area contributed by atoms with Gasteiger partial charge in [0.2, 0.25) is 5.91 Å². The number of methoxy groups -OCH3 is 2. The van der Waals surface area contributed by atoms with Crippen LogP contribution in [0.4, 0.5) is 0 Å². The second-order valence-corrected chi connectivity index (χ2v) is 5.68. The number of carbonyl (C=O) groups excluding carboxylic acids is 1. The van der Waals surface area contributed by atoms with E-state index in [0.717, 1.165) is 34.9 Å². The Morgan fingerprint density at radius 3 is 2.83 bits per heavy atom. The lowest BCUT2D eigenvalue weighted by Gasteiger charge is -2.17. The molecule has 1 aromatic carbocycles. The maximum absolute atomic E-state index is 11.4. The van der Waals surface area contributed by atoms with Crippen molar-refractivity contribution in [1.82, 2.24) is 14.9 Å². The minimum atomic E-state index is 0.120. The molecule has 1 N–H and O–H groups in total. The normalized spacial score (nSPS) is 17.2. The Morgan fingerprint density at radius 1 is 1.35 bits per heavy atom. The van der Waals surface area contributed by atoms with Gasteiger partial charge in [-0.2, -0.15) is 0 Å². The first-order chi connectivity index (χ1) is 11.1. The van der Waals surface area contributed by atoms with Crippen molar-refractivity contribution in [2.75, 3.05) is 14.2 Å².